The Hall–Kier alpha value is -3.00. The molecule has 1 saturated heterocycles. The number of rotatable bonds is 3. The molecule has 2 atom stereocenters. The number of aromatic nitrogens is 3. The number of carbonyl (C=O) groups excluding carboxylic acids is 1. The summed E-state index contributed by atoms with van der Waals surface area (Å²) in [6, 6.07) is 8.94. The fraction of sp³-hybridized carbons (Fsp3) is 0.167. The van der Waals surface area contributed by atoms with Crippen molar-refractivity contribution in [1.29, 1.82) is 0 Å². The van der Waals surface area contributed by atoms with Crippen molar-refractivity contribution in [2.24, 2.45) is 0 Å². The van der Waals surface area contributed by atoms with Crippen molar-refractivity contribution in [2.75, 3.05) is 11.4 Å². The quantitative estimate of drug-likeness (QED) is 0.723. The molecule has 9 heteroatoms. The van der Waals surface area contributed by atoms with Gasteiger partial charge in [-0.25, -0.2) is 13.6 Å². The first-order chi connectivity index (χ1) is 13.0. The van der Waals surface area contributed by atoms with Gasteiger partial charge >= 0.3 is 6.09 Å². The van der Waals surface area contributed by atoms with Crippen LogP contribution >= 0.6 is 11.6 Å². The van der Waals surface area contributed by atoms with E-state index in [4.69, 9.17) is 16.3 Å². The highest BCUT2D eigenvalue weighted by Crippen LogP contribution is 2.33. The van der Waals surface area contributed by atoms with Crippen LogP contribution in [0.3, 0.4) is 0 Å². The molecule has 0 aliphatic carbocycles. The number of benzene rings is 1. The molecule has 0 bridgehead atoms. The van der Waals surface area contributed by atoms with E-state index in [0.29, 0.717) is 11.5 Å². The average Bonchev–Trinajstić information content (AvgIpc) is 3.16. The summed E-state index contributed by atoms with van der Waals surface area (Å²) in [5.74, 6) is -0.398. The van der Waals surface area contributed by atoms with Crippen molar-refractivity contribution < 1.29 is 18.3 Å². The molecule has 2 aromatic heterocycles. The minimum absolute atomic E-state index is 0.0842. The fourth-order valence-corrected chi connectivity index (χ4v) is 2.99. The molecule has 6 nitrogen and oxygen atoms in total. The number of nitrogens with one attached hydrogen (secondary N) is 1. The standard InChI is InChI=1S/C18H13ClF2N4O2/c19-12-2-1-11(7-13(12)20)17-14(21)9-25(18(26)27-17)16-8-15(23-24-16)10-3-5-22-6-4-10/h1-8,14,17H,9H2,(H,23,24)/t14-,17-/m1/s1. The molecule has 1 aliphatic rings. The third-order valence-corrected chi connectivity index (χ3v) is 4.54. The minimum atomic E-state index is -1.56. The maximum atomic E-state index is 14.7. The van der Waals surface area contributed by atoms with Crippen molar-refractivity contribution in [3.05, 3.63) is 65.2 Å². The predicted molar refractivity (Wildman–Crippen MR) is 94.7 cm³/mol. The first-order valence-corrected chi connectivity index (χ1v) is 8.43. The highest BCUT2D eigenvalue weighted by Gasteiger charge is 2.38. The third-order valence-electron chi connectivity index (χ3n) is 4.24. The molecule has 0 saturated carbocycles. The Morgan fingerprint density at radius 1 is 1.22 bits per heavy atom. The number of hydrogen-bond donors (Lipinski definition) is 1. The van der Waals surface area contributed by atoms with Gasteiger partial charge < -0.3 is 4.74 Å². The lowest BCUT2D eigenvalue weighted by molar-refractivity contribution is 0.0294. The van der Waals surface area contributed by atoms with Gasteiger partial charge in [-0.1, -0.05) is 17.7 Å². The third kappa shape index (κ3) is 3.35. The number of amides is 1. The summed E-state index contributed by atoms with van der Waals surface area (Å²) in [4.78, 5) is 17.4. The van der Waals surface area contributed by atoms with Crippen LogP contribution in [-0.2, 0) is 4.74 Å². The second kappa shape index (κ2) is 6.96. The first-order valence-electron chi connectivity index (χ1n) is 8.06. The lowest BCUT2D eigenvalue weighted by Gasteiger charge is -2.33. The average molecular weight is 391 g/mol. The number of carbonyl (C=O) groups is 1. The molecule has 3 heterocycles. The Labute approximate surface area is 157 Å². The summed E-state index contributed by atoms with van der Waals surface area (Å²) in [6.07, 6.45) is -0.285. The van der Waals surface area contributed by atoms with Gasteiger partial charge in [-0.15, -0.1) is 0 Å². The molecular formula is C18H13ClF2N4O2. The van der Waals surface area contributed by atoms with Gasteiger partial charge in [0.25, 0.3) is 0 Å². The maximum Gasteiger partial charge on any atom is 0.416 e. The summed E-state index contributed by atoms with van der Waals surface area (Å²) < 4.78 is 33.5. The van der Waals surface area contributed by atoms with Crippen LogP contribution in [0.25, 0.3) is 11.3 Å². The minimum Gasteiger partial charge on any atom is -0.438 e. The van der Waals surface area contributed by atoms with Crippen LogP contribution in [0, 0.1) is 5.82 Å². The van der Waals surface area contributed by atoms with Gasteiger partial charge in [-0.2, -0.15) is 5.10 Å². The number of aromatic amines is 1. The maximum absolute atomic E-state index is 14.7. The summed E-state index contributed by atoms with van der Waals surface area (Å²) in [5.41, 5.74) is 1.58. The number of nitrogens with zero attached hydrogens (tertiary/aromatic N) is 3. The van der Waals surface area contributed by atoms with Crippen molar-refractivity contribution >= 4 is 23.5 Å². The number of hydrogen-bond acceptors (Lipinski definition) is 4. The first kappa shape index (κ1) is 17.4. The van der Waals surface area contributed by atoms with Crippen molar-refractivity contribution in [3.8, 4) is 11.3 Å². The molecule has 1 amide bonds. The van der Waals surface area contributed by atoms with Crippen molar-refractivity contribution in [2.45, 2.75) is 12.3 Å². The van der Waals surface area contributed by atoms with E-state index < -0.39 is 24.2 Å². The summed E-state index contributed by atoms with van der Waals surface area (Å²) >= 11 is 5.64. The van der Waals surface area contributed by atoms with Gasteiger partial charge in [0.15, 0.2) is 12.3 Å². The molecule has 1 aliphatic heterocycles. The van der Waals surface area contributed by atoms with Crippen LogP contribution < -0.4 is 4.90 Å². The topological polar surface area (TPSA) is 71.1 Å². The Balaban J connectivity index is 1.55. The van der Waals surface area contributed by atoms with E-state index >= 15 is 0 Å². The zero-order valence-corrected chi connectivity index (χ0v) is 14.5. The van der Waals surface area contributed by atoms with Crippen LogP contribution in [0.15, 0.2) is 48.8 Å². The lowest BCUT2D eigenvalue weighted by Crippen LogP contribution is -2.46. The number of ether oxygens (including phenoxy) is 1. The number of anilines is 1. The predicted octanol–water partition coefficient (Wildman–Crippen LogP) is 4.30. The van der Waals surface area contributed by atoms with E-state index in [9.17, 15) is 13.6 Å². The van der Waals surface area contributed by atoms with Gasteiger partial charge in [-0.05, 0) is 29.8 Å². The second-order valence-corrected chi connectivity index (χ2v) is 6.39. The zero-order valence-electron chi connectivity index (χ0n) is 13.8. The van der Waals surface area contributed by atoms with E-state index in [-0.39, 0.29) is 17.1 Å². The normalized spacial score (nSPS) is 19.8. The molecule has 4 rings (SSSR count). The molecule has 3 aromatic rings. The molecule has 1 aromatic carbocycles. The number of H-pyrrole nitrogens is 1. The lowest BCUT2D eigenvalue weighted by atomic mass is 10.0. The van der Waals surface area contributed by atoms with E-state index in [0.717, 1.165) is 16.5 Å². The monoisotopic (exact) mass is 390 g/mol. The molecule has 138 valence electrons. The fourth-order valence-electron chi connectivity index (χ4n) is 2.87. The molecule has 1 N–H and O–H groups in total. The molecule has 1 fully saturated rings. The van der Waals surface area contributed by atoms with Crippen LogP contribution in [0.1, 0.15) is 11.7 Å². The zero-order chi connectivity index (χ0) is 19.0. The van der Waals surface area contributed by atoms with Gasteiger partial charge in [0.2, 0.25) is 0 Å². The molecule has 0 spiro atoms. The summed E-state index contributed by atoms with van der Waals surface area (Å²) in [6.45, 7) is -0.258. The van der Waals surface area contributed by atoms with Gasteiger partial charge in [0.05, 0.1) is 17.3 Å². The summed E-state index contributed by atoms with van der Waals surface area (Å²) in [7, 11) is 0. The Kier molecular flexibility index (Phi) is 4.49. The van der Waals surface area contributed by atoms with Gasteiger partial charge in [-0.3, -0.25) is 15.0 Å². The number of pyridine rings is 1. The smallest absolute Gasteiger partial charge is 0.416 e. The Bertz CT molecular complexity index is 983. The van der Waals surface area contributed by atoms with E-state index in [1.807, 2.05) is 0 Å². The highest BCUT2D eigenvalue weighted by atomic mass is 35.5. The van der Waals surface area contributed by atoms with Crippen LogP contribution in [0.2, 0.25) is 5.02 Å². The Morgan fingerprint density at radius 2 is 2.00 bits per heavy atom. The molecule has 0 radical (unpaired) electrons. The molecule has 27 heavy (non-hydrogen) atoms. The Morgan fingerprint density at radius 3 is 2.74 bits per heavy atom. The van der Waals surface area contributed by atoms with E-state index in [1.165, 1.54) is 12.1 Å². The number of halogens is 3. The SMILES string of the molecule is O=C1O[C@H](c2ccc(Cl)c(F)c2)[C@H](F)CN1c1cc(-c2ccncc2)n[nH]1. The second-order valence-electron chi connectivity index (χ2n) is 5.98. The van der Waals surface area contributed by atoms with E-state index in [1.54, 1.807) is 30.6 Å². The van der Waals surface area contributed by atoms with Crippen molar-refractivity contribution in [3.63, 3.8) is 0 Å². The summed E-state index contributed by atoms with van der Waals surface area (Å²) in [5, 5.41) is 6.75. The molecule has 0 unspecified atom stereocenters. The number of alkyl halides is 1. The van der Waals surface area contributed by atoms with Crippen molar-refractivity contribution in [1.82, 2.24) is 15.2 Å². The van der Waals surface area contributed by atoms with Crippen LogP contribution in [0.4, 0.5) is 19.4 Å². The van der Waals surface area contributed by atoms with Crippen LogP contribution in [-0.4, -0.2) is 34.0 Å². The molecular weight excluding hydrogens is 378 g/mol. The largest absolute Gasteiger partial charge is 0.438 e. The van der Waals surface area contributed by atoms with Crippen LogP contribution in [0.5, 0.6) is 0 Å². The number of cyclic esters (lactones) is 1. The highest BCUT2D eigenvalue weighted by molar-refractivity contribution is 6.30. The van der Waals surface area contributed by atoms with Gasteiger partial charge in [0, 0.05) is 24.0 Å². The van der Waals surface area contributed by atoms with Gasteiger partial charge in [0.1, 0.15) is 11.6 Å². The van der Waals surface area contributed by atoms with E-state index in [2.05, 4.69) is 15.2 Å².